The second kappa shape index (κ2) is 10.1. The van der Waals surface area contributed by atoms with Gasteiger partial charge in [-0.15, -0.1) is 0 Å². The normalized spacial score (nSPS) is 18.4. The zero-order valence-corrected chi connectivity index (χ0v) is 21.3. The summed E-state index contributed by atoms with van der Waals surface area (Å²) in [6.45, 7) is 4.39. The molecule has 4 aromatic rings. The Balaban J connectivity index is 1.11. The molecule has 9 nitrogen and oxygen atoms in total. The first-order chi connectivity index (χ1) is 18.5. The van der Waals surface area contributed by atoms with Crippen molar-refractivity contribution in [1.82, 2.24) is 19.9 Å². The third-order valence-corrected chi connectivity index (χ3v) is 7.26. The van der Waals surface area contributed by atoms with Crippen molar-refractivity contribution in [3.05, 3.63) is 90.3 Å². The molecule has 9 heteroatoms. The average Bonchev–Trinajstić information content (AvgIpc) is 3.52. The van der Waals surface area contributed by atoms with E-state index >= 15 is 0 Å². The summed E-state index contributed by atoms with van der Waals surface area (Å²) >= 11 is 0. The molecule has 0 aliphatic carbocycles. The number of anilines is 4. The Kier molecular flexibility index (Phi) is 6.35. The Labute approximate surface area is 221 Å². The van der Waals surface area contributed by atoms with Crippen molar-refractivity contribution in [2.24, 2.45) is 0 Å². The predicted molar refractivity (Wildman–Crippen MR) is 147 cm³/mol. The van der Waals surface area contributed by atoms with E-state index in [1.165, 1.54) is 17.7 Å². The van der Waals surface area contributed by atoms with E-state index in [0.717, 1.165) is 30.0 Å². The predicted octanol–water partition coefficient (Wildman–Crippen LogP) is 4.67. The minimum Gasteiger partial charge on any atom is -0.365 e. The highest BCUT2D eigenvalue weighted by Crippen LogP contribution is 2.36. The number of likely N-dealkylation sites (N-methyl/N-ethyl adjacent to an activating group) is 1. The van der Waals surface area contributed by atoms with Gasteiger partial charge in [-0.05, 0) is 74.5 Å². The Morgan fingerprint density at radius 2 is 1.84 bits per heavy atom. The van der Waals surface area contributed by atoms with Crippen LogP contribution >= 0.6 is 0 Å². The molecular weight excluding hydrogens is 478 g/mol. The highest BCUT2D eigenvalue weighted by atomic mass is 16.7. The molecule has 0 saturated carbocycles. The number of likely N-dealkylation sites (tertiary alicyclic amines) is 1. The molecule has 0 radical (unpaired) electrons. The molecule has 2 aliphatic rings. The van der Waals surface area contributed by atoms with E-state index in [2.05, 4.69) is 67.7 Å². The number of piperazine rings is 1. The van der Waals surface area contributed by atoms with Gasteiger partial charge < -0.3 is 15.1 Å². The fraction of sp³-hybridized carbons (Fsp3) is 0.241. The number of nitrogens with zero attached hydrogens (tertiary/aromatic N) is 5. The van der Waals surface area contributed by atoms with E-state index in [0.29, 0.717) is 29.4 Å². The smallest absolute Gasteiger partial charge is 0.362 e. The number of benzene rings is 2. The molecule has 2 atom stereocenters. The largest absolute Gasteiger partial charge is 0.365 e. The van der Waals surface area contributed by atoms with Crippen LogP contribution < -0.4 is 15.7 Å². The number of hydrogen-bond acceptors (Lipinski definition) is 9. The molecule has 2 N–H and O–H groups in total. The fourth-order valence-electron chi connectivity index (χ4n) is 5.28. The van der Waals surface area contributed by atoms with Crippen molar-refractivity contribution in [1.29, 1.82) is 0 Å². The van der Waals surface area contributed by atoms with Gasteiger partial charge in [0.2, 0.25) is 5.95 Å². The van der Waals surface area contributed by atoms with Crippen LogP contribution in [0.1, 0.15) is 22.3 Å². The maximum absolute atomic E-state index is 12.4. The molecule has 2 aromatic carbocycles. The van der Waals surface area contributed by atoms with Gasteiger partial charge >= 0.3 is 5.97 Å². The molecular formula is C29H29N7O2. The van der Waals surface area contributed by atoms with Crippen LogP contribution in [0.2, 0.25) is 0 Å². The number of pyridine rings is 1. The third-order valence-electron chi connectivity index (χ3n) is 7.26. The van der Waals surface area contributed by atoms with Gasteiger partial charge in [-0.2, -0.15) is 0 Å². The van der Waals surface area contributed by atoms with Crippen molar-refractivity contribution in [2.75, 3.05) is 35.8 Å². The van der Waals surface area contributed by atoms with Crippen molar-refractivity contribution < 1.29 is 9.63 Å². The average molecular weight is 508 g/mol. The third kappa shape index (κ3) is 4.88. The lowest BCUT2D eigenvalue weighted by molar-refractivity contribution is 0.0595. The van der Waals surface area contributed by atoms with E-state index in [9.17, 15) is 4.79 Å². The number of hydrogen-bond donors (Lipinski definition) is 2. The summed E-state index contributed by atoms with van der Waals surface area (Å²) < 4.78 is 0. The molecule has 38 heavy (non-hydrogen) atoms. The lowest BCUT2D eigenvalue weighted by atomic mass is 10.1. The minimum absolute atomic E-state index is 0.415. The standard InChI is InChI=1S/C29H29N7O2/c1-19-15-22(10-11-26(19)36-18-23-16-24(36)17-35(23)2)32-29-31-14-12-25(33-29)20-6-8-21(9-7-20)28(37)38-34-27-5-3-4-13-30-27/h3-15,23-24H,16-18H2,1-2H3,(H,30,34)(H,31,32,33)/t23-,24-/m0/s1. The molecule has 0 unspecified atom stereocenters. The first kappa shape index (κ1) is 23.9. The molecule has 2 aliphatic heterocycles. The monoisotopic (exact) mass is 507 g/mol. The second-order valence-corrected chi connectivity index (χ2v) is 9.81. The second-order valence-electron chi connectivity index (χ2n) is 9.81. The number of aromatic nitrogens is 3. The summed E-state index contributed by atoms with van der Waals surface area (Å²) in [4.78, 5) is 35.6. The molecule has 2 fully saturated rings. The summed E-state index contributed by atoms with van der Waals surface area (Å²) in [6.07, 6.45) is 4.59. The lowest BCUT2D eigenvalue weighted by Gasteiger charge is -2.34. The number of carbonyl (C=O) groups excluding carboxylic acids is 1. The Bertz CT molecular complexity index is 1440. The number of fused-ring (bicyclic) bond motifs is 2. The van der Waals surface area contributed by atoms with Crippen LogP contribution in [0.4, 0.5) is 23.1 Å². The van der Waals surface area contributed by atoms with Crippen molar-refractivity contribution in [2.45, 2.75) is 25.4 Å². The molecule has 2 saturated heterocycles. The summed E-state index contributed by atoms with van der Waals surface area (Å²) in [5.74, 6) is 0.471. The van der Waals surface area contributed by atoms with Gasteiger partial charge in [0.1, 0.15) is 0 Å². The fourth-order valence-corrected chi connectivity index (χ4v) is 5.28. The SMILES string of the molecule is Cc1cc(Nc2nccc(-c3ccc(C(=O)ONc4ccccn4)cc3)n2)ccc1N1C[C@@H]2C[C@H]1CN2C. The molecule has 192 valence electrons. The summed E-state index contributed by atoms with van der Waals surface area (Å²) in [6, 6.07) is 21.9. The van der Waals surface area contributed by atoms with Crippen LogP contribution in [0.15, 0.2) is 79.1 Å². The van der Waals surface area contributed by atoms with Gasteiger partial charge in [-0.25, -0.2) is 25.2 Å². The minimum atomic E-state index is -0.500. The Hall–Kier alpha value is -4.50. The molecule has 2 bridgehead atoms. The van der Waals surface area contributed by atoms with Crippen molar-refractivity contribution in [3.63, 3.8) is 0 Å². The first-order valence-corrected chi connectivity index (χ1v) is 12.7. The van der Waals surface area contributed by atoms with Crippen LogP contribution in [-0.4, -0.2) is 58.0 Å². The van der Waals surface area contributed by atoms with Crippen LogP contribution in [0, 0.1) is 6.92 Å². The summed E-state index contributed by atoms with van der Waals surface area (Å²) in [5.41, 5.74) is 8.08. The zero-order chi connectivity index (χ0) is 26.1. The number of rotatable bonds is 7. The van der Waals surface area contributed by atoms with Crippen LogP contribution in [0.25, 0.3) is 11.3 Å². The topological polar surface area (TPSA) is 95.5 Å². The molecule has 4 heterocycles. The Morgan fingerprint density at radius 1 is 0.974 bits per heavy atom. The Morgan fingerprint density at radius 3 is 2.55 bits per heavy atom. The van der Waals surface area contributed by atoms with Gasteiger partial charge in [0.05, 0.1) is 11.3 Å². The summed E-state index contributed by atoms with van der Waals surface area (Å²) in [7, 11) is 2.22. The highest BCUT2D eigenvalue weighted by Gasteiger charge is 2.41. The maximum atomic E-state index is 12.4. The number of aryl methyl sites for hydroxylation is 1. The summed E-state index contributed by atoms with van der Waals surface area (Å²) in [5, 5.41) is 3.34. The van der Waals surface area contributed by atoms with E-state index < -0.39 is 5.97 Å². The van der Waals surface area contributed by atoms with E-state index in [1.807, 2.05) is 18.2 Å². The highest BCUT2D eigenvalue weighted by molar-refractivity contribution is 5.90. The maximum Gasteiger partial charge on any atom is 0.362 e. The van der Waals surface area contributed by atoms with Crippen LogP contribution in [-0.2, 0) is 4.84 Å². The molecule has 6 rings (SSSR count). The van der Waals surface area contributed by atoms with E-state index in [-0.39, 0.29) is 0 Å². The van der Waals surface area contributed by atoms with Gasteiger partial charge in [-0.3, -0.25) is 4.90 Å². The number of carbonyl (C=O) groups is 1. The van der Waals surface area contributed by atoms with Gasteiger partial charge in [0.25, 0.3) is 0 Å². The van der Waals surface area contributed by atoms with Crippen LogP contribution in [0.3, 0.4) is 0 Å². The van der Waals surface area contributed by atoms with Crippen LogP contribution in [0.5, 0.6) is 0 Å². The van der Waals surface area contributed by atoms with Gasteiger partial charge in [0.15, 0.2) is 5.82 Å². The number of nitrogens with one attached hydrogen (secondary N) is 2. The van der Waals surface area contributed by atoms with E-state index in [1.54, 1.807) is 42.7 Å². The molecule has 0 amide bonds. The quantitative estimate of drug-likeness (QED) is 0.346. The molecule has 2 aromatic heterocycles. The van der Waals surface area contributed by atoms with Gasteiger partial charge in [-0.1, -0.05) is 18.2 Å². The zero-order valence-electron chi connectivity index (χ0n) is 21.3. The van der Waals surface area contributed by atoms with E-state index in [4.69, 9.17) is 4.84 Å². The lowest BCUT2D eigenvalue weighted by Crippen LogP contribution is -2.44. The molecule has 0 spiro atoms. The van der Waals surface area contributed by atoms with Crippen molar-refractivity contribution >= 4 is 29.1 Å². The van der Waals surface area contributed by atoms with Gasteiger partial charge in [0, 0.05) is 54.5 Å². The van der Waals surface area contributed by atoms with Crippen molar-refractivity contribution in [3.8, 4) is 11.3 Å². The first-order valence-electron chi connectivity index (χ1n) is 12.7.